The summed E-state index contributed by atoms with van der Waals surface area (Å²) in [6, 6.07) is 0.500. The van der Waals surface area contributed by atoms with Crippen molar-refractivity contribution in [1.29, 1.82) is 0 Å². The minimum atomic E-state index is -4.03. The SMILES string of the molecule is CCNC(C)CCCCN(C)CCC(F)(F)F. The smallest absolute Gasteiger partial charge is 0.315 e. The van der Waals surface area contributed by atoms with Crippen LogP contribution in [0.4, 0.5) is 13.2 Å². The number of hydrogen-bond acceptors (Lipinski definition) is 2. The van der Waals surface area contributed by atoms with Gasteiger partial charge in [-0.15, -0.1) is 0 Å². The van der Waals surface area contributed by atoms with E-state index in [9.17, 15) is 13.2 Å². The van der Waals surface area contributed by atoms with Gasteiger partial charge < -0.3 is 10.2 Å². The predicted octanol–water partition coefficient (Wildman–Crippen LogP) is 3.04. The van der Waals surface area contributed by atoms with Gasteiger partial charge in [0.15, 0.2) is 0 Å². The van der Waals surface area contributed by atoms with Crippen molar-refractivity contribution >= 4 is 0 Å². The van der Waals surface area contributed by atoms with Crippen LogP contribution in [0.2, 0.25) is 0 Å². The Morgan fingerprint density at radius 2 is 1.82 bits per heavy atom. The van der Waals surface area contributed by atoms with Crippen LogP contribution in [0, 0.1) is 0 Å². The molecule has 1 unspecified atom stereocenters. The van der Waals surface area contributed by atoms with E-state index in [2.05, 4.69) is 19.2 Å². The zero-order valence-corrected chi connectivity index (χ0v) is 11.1. The lowest BCUT2D eigenvalue weighted by molar-refractivity contribution is -0.137. The summed E-state index contributed by atoms with van der Waals surface area (Å²) >= 11 is 0. The highest BCUT2D eigenvalue weighted by Crippen LogP contribution is 2.19. The van der Waals surface area contributed by atoms with E-state index in [-0.39, 0.29) is 6.54 Å². The molecule has 0 aromatic heterocycles. The summed E-state index contributed by atoms with van der Waals surface area (Å²) in [7, 11) is 1.75. The van der Waals surface area contributed by atoms with Gasteiger partial charge in [-0.2, -0.15) is 13.2 Å². The molecule has 1 N–H and O–H groups in total. The van der Waals surface area contributed by atoms with Crippen molar-refractivity contribution in [2.75, 3.05) is 26.7 Å². The summed E-state index contributed by atoms with van der Waals surface area (Å²) < 4.78 is 35.9. The van der Waals surface area contributed by atoms with E-state index in [0.717, 1.165) is 32.4 Å². The molecule has 0 aliphatic rings. The van der Waals surface area contributed by atoms with Gasteiger partial charge in [-0.25, -0.2) is 0 Å². The molecule has 0 aromatic carbocycles. The quantitative estimate of drug-likeness (QED) is 0.636. The molecule has 0 aliphatic carbocycles. The van der Waals surface area contributed by atoms with E-state index in [4.69, 9.17) is 0 Å². The lowest BCUT2D eigenvalue weighted by Gasteiger charge is -2.18. The van der Waals surface area contributed by atoms with E-state index in [1.807, 2.05) is 0 Å². The van der Waals surface area contributed by atoms with Crippen LogP contribution in [-0.4, -0.2) is 43.8 Å². The van der Waals surface area contributed by atoms with Crippen LogP contribution in [0.3, 0.4) is 0 Å². The maximum atomic E-state index is 12.0. The zero-order valence-electron chi connectivity index (χ0n) is 11.1. The summed E-state index contributed by atoms with van der Waals surface area (Å²) in [6.45, 7) is 6.02. The number of hydrogen-bond donors (Lipinski definition) is 1. The first-order valence-corrected chi connectivity index (χ1v) is 6.34. The normalized spacial score (nSPS) is 14.3. The topological polar surface area (TPSA) is 15.3 Å². The fourth-order valence-corrected chi connectivity index (χ4v) is 1.71. The van der Waals surface area contributed by atoms with Gasteiger partial charge in [0.05, 0.1) is 6.42 Å². The van der Waals surface area contributed by atoms with Gasteiger partial charge in [0.25, 0.3) is 0 Å². The van der Waals surface area contributed by atoms with Crippen LogP contribution in [0.5, 0.6) is 0 Å². The second-order valence-electron chi connectivity index (χ2n) is 4.62. The molecule has 2 nitrogen and oxygen atoms in total. The second kappa shape index (κ2) is 8.75. The van der Waals surface area contributed by atoms with Crippen LogP contribution in [-0.2, 0) is 0 Å². The van der Waals surface area contributed by atoms with Gasteiger partial charge in [0, 0.05) is 12.6 Å². The Kier molecular flexibility index (Phi) is 8.60. The van der Waals surface area contributed by atoms with E-state index >= 15 is 0 Å². The molecule has 0 fully saturated rings. The molecule has 17 heavy (non-hydrogen) atoms. The number of halogens is 3. The Morgan fingerprint density at radius 3 is 2.35 bits per heavy atom. The number of nitrogens with one attached hydrogen (secondary N) is 1. The molecule has 0 amide bonds. The van der Waals surface area contributed by atoms with Crippen molar-refractivity contribution in [3.05, 3.63) is 0 Å². The summed E-state index contributed by atoms with van der Waals surface area (Å²) in [5.74, 6) is 0. The highest BCUT2D eigenvalue weighted by molar-refractivity contribution is 4.61. The number of alkyl halides is 3. The molecule has 0 saturated heterocycles. The first-order chi connectivity index (χ1) is 7.85. The van der Waals surface area contributed by atoms with Gasteiger partial charge >= 0.3 is 6.18 Å². The van der Waals surface area contributed by atoms with Gasteiger partial charge in [-0.1, -0.05) is 13.3 Å². The molecular formula is C12H25F3N2. The number of unbranched alkanes of at least 4 members (excludes halogenated alkanes) is 1. The molecule has 0 rings (SSSR count). The third kappa shape index (κ3) is 12.0. The third-order valence-corrected chi connectivity index (χ3v) is 2.76. The van der Waals surface area contributed by atoms with E-state index in [1.54, 1.807) is 11.9 Å². The lowest BCUT2D eigenvalue weighted by Crippen LogP contribution is -2.27. The minimum Gasteiger partial charge on any atom is -0.315 e. The zero-order chi connectivity index (χ0) is 13.3. The molecule has 104 valence electrons. The van der Waals surface area contributed by atoms with E-state index < -0.39 is 12.6 Å². The van der Waals surface area contributed by atoms with E-state index in [0.29, 0.717) is 6.04 Å². The van der Waals surface area contributed by atoms with Crippen LogP contribution in [0.1, 0.15) is 39.5 Å². The first-order valence-electron chi connectivity index (χ1n) is 6.34. The summed E-state index contributed by atoms with van der Waals surface area (Å²) in [6.07, 6.45) is -1.64. The second-order valence-corrected chi connectivity index (χ2v) is 4.62. The summed E-state index contributed by atoms with van der Waals surface area (Å²) in [5, 5.41) is 3.32. The number of nitrogens with zero attached hydrogens (tertiary/aromatic N) is 1. The maximum absolute atomic E-state index is 12.0. The van der Waals surface area contributed by atoms with Crippen molar-refractivity contribution in [2.24, 2.45) is 0 Å². The monoisotopic (exact) mass is 254 g/mol. The van der Waals surface area contributed by atoms with Crippen LogP contribution < -0.4 is 5.32 Å². The highest BCUT2D eigenvalue weighted by atomic mass is 19.4. The average Bonchev–Trinajstić information content (AvgIpc) is 2.21. The summed E-state index contributed by atoms with van der Waals surface area (Å²) in [4.78, 5) is 1.76. The summed E-state index contributed by atoms with van der Waals surface area (Å²) in [5.41, 5.74) is 0. The molecular weight excluding hydrogens is 229 g/mol. The van der Waals surface area contributed by atoms with Gasteiger partial charge in [0.2, 0.25) is 0 Å². The molecule has 0 saturated carbocycles. The van der Waals surface area contributed by atoms with Gasteiger partial charge in [0.1, 0.15) is 0 Å². The minimum absolute atomic E-state index is 0.103. The Morgan fingerprint density at radius 1 is 1.18 bits per heavy atom. The van der Waals surface area contributed by atoms with Gasteiger partial charge in [-0.3, -0.25) is 0 Å². The Labute approximate surface area is 103 Å². The van der Waals surface area contributed by atoms with Crippen molar-refractivity contribution in [3.8, 4) is 0 Å². The van der Waals surface area contributed by atoms with E-state index in [1.165, 1.54) is 0 Å². The standard InChI is InChI=1S/C12H25F3N2/c1-4-16-11(2)7-5-6-9-17(3)10-8-12(13,14)15/h11,16H,4-10H2,1-3H3. The molecule has 0 aliphatic heterocycles. The molecule has 1 atom stereocenters. The average molecular weight is 254 g/mol. The van der Waals surface area contributed by atoms with Crippen molar-refractivity contribution in [2.45, 2.75) is 51.7 Å². The van der Waals surface area contributed by atoms with Crippen LogP contribution >= 0.6 is 0 Å². The molecule has 0 spiro atoms. The Hall–Kier alpha value is -0.290. The Balaban J connectivity index is 3.42. The molecule has 5 heteroatoms. The molecule has 0 heterocycles. The van der Waals surface area contributed by atoms with Crippen molar-refractivity contribution < 1.29 is 13.2 Å². The van der Waals surface area contributed by atoms with Crippen molar-refractivity contribution in [3.63, 3.8) is 0 Å². The fourth-order valence-electron chi connectivity index (χ4n) is 1.71. The van der Waals surface area contributed by atoms with Crippen LogP contribution in [0.25, 0.3) is 0 Å². The van der Waals surface area contributed by atoms with Gasteiger partial charge in [-0.05, 0) is 39.9 Å². The maximum Gasteiger partial charge on any atom is 0.390 e. The number of rotatable bonds is 9. The van der Waals surface area contributed by atoms with Crippen LogP contribution in [0.15, 0.2) is 0 Å². The Bertz CT molecular complexity index is 183. The lowest BCUT2D eigenvalue weighted by atomic mass is 10.1. The fraction of sp³-hybridized carbons (Fsp3) is 1.00. The molecule has 0 aromatic rings. The van der Waals surface area contributed by atoms with Crippen molar-refractivity contribution in [1.82, 2.24) is 10.2 Å². The predicted molar refractivity (Wildman–Crippen MR) is 65.2 cm³/mol. The highest BCUT2D eigenvalue weighted by Gasteiger charge is 2.26. The molecule has 0 radical (unpaired) electrons. The third-order valence-electron chi connectivity index (χ3n) is 2.76. The molecule has 0 bridgehead atoms. The largest absolute Gasteiger partial charge is 0.390 e. The first kappa shape index (κ1) is 16.7.